The maximum absolute atomic E-state index is 15.0. The molecule has 4 aliphatic rings. The minimum Gasteiger partial charge on any atom is -0.394 e. The van der Waals surface area contributed by atoms with Crippen LogP contribution in [-0.4, -0.2) is 63.0 Å². The number of rotatable bonds is 5. The molecular weight excluding hydrogens is 594 g/mol. The number of hydrogen-bond donors (Lipinski definition) is 1. The molecule has 6 atom stereocenters. The van der Waals surface area contributed by atoms with Gasteiger partial charge in [-0.3, -0.25) is 14.4 Å². The lowest BCUT2D eigenvalue weighted by Crippen LogP contribution is -2.54. The Kier molecular flexibility index (Phi) is 7.19. The number of likely N-dealkylation sites (tertiary alicyclic amines) is 1. The number of amides is 3. The van der Waals surface area contributed by atoms with E-state index in [4.69, 9.17) is 11.6 Å². The summed E-state index contributed by atoms with van der Waals surface area (Å²) >= 11 is 7.70. The summed E-state index contributed by atoms with van der Waals surface area (Å²) in [7, 11) is 0. The zero-order valence-corrected chi connectivity index (χ0v) is 25.7. The number of thioether (sulfide) groups is 1. The maximum atomic E-state index is 15.0. The molecule has 9 heteroatoms. The molecule has 2 fully saturated rings. The first-order chi connectivity index (χ1) is 21.3. The van der Waals surface area contributed by atoms with Gasteiger partial charge in [-0.05, 0) is 48.9 Å². The Hall–Kier alpha value is -3.85. The van der Waals surface area contributed by atoms with E-state index in [-0.39, 0.29) is 24.3 Å². The van der Waals surface area contributed by atoms with Gasteiger partial charge in [-0.15, -0.1) is 11.8 Å². The van der Waals surface area contributed by atoms with Crippen LogP contribution in [-0.2, 0) is 14.4 Å². The molecule has 1 N–H and O–H groups in total. The van der Waals surface area contributed by atoms with Crippen molar-refractivity contribution in [3.05, 3.63) is 120 Å². The molecule has 3 amide bonds. The first-order valence-electron chi connectivity index (χ1n) is 14.8. The highest BCUT2D eigenvalue weighted by Gasteiger charge is 2.74. The van der Waals surface area contributed by atoms with E-state index in [9.17, 15) is 19.5 Å². The van der Waals surface area contributed by atoms with Gasteiger partial charge in [0.1, 0.15) is 6.04 Å². The van der Waals surface area contributed by atoms with Gasteiger partial charge in [0.2, 0.25) is 11.8 Å². The van der Waals surface area contributed by atoms with Crippen LogP contribution >= 0.6 is 23.4 Å². The average molecular weight is 626 g/mol. The van der Waals surface area contributed by atoms with Gasteiger partial charge in [0.25, 0.3) is 5.91 Å². The summed E-state index contributed by atoms with van der Waals surface area (Å²) in [6.07, 6.45) is 7.98. The maximum Gasteiger partial charge on any atom is 0.251 e. The van der Waals surface area contributed by atoms with Crippen LogP contribution in [0.15, 0.2) is 109 Å². The van der Waals surface area contributed by atoms with Crippen molar-refractivity contribution in [2.24, 2.45) is 11.8 Å². The summed E-state index contributed by atoms with van der Waals surface area (Å²) in [5.41, 5.74) is 2.14. The van der Waals surface area contributed by atoms with Gasteiger partial charge in [-0.2, -0.15) is 0 Å². The molecule has 1 unspecified atom stereocenters. The molecule has 44 heavy (non-hydrogen) atoms. The van der Waals surface area contributed by atoms with Crippen LogP contribution in [0, 0.1) is 11.8 Å². The van der Waals surface area contributed by atoms with Crippen molar-refractivity contribution in [3.63, 3.8) is 0 Å². The van der Waals surface area contributed by atoms with Crippen LogP contribution in [0.4, 0.5) is 11.4 Å². The molecule has 0 aromatic heterocycles. The van der Waals surface area contributed by atoms with Crippen molar-refractivity contribution in [3.8, 4) is 0 Å². The summed E-state index contributed by atoms with van der Waals surface area (Å²) in [4.78, 5) is 49.4. The second kappa shape index (κ2) is 10.9. The van der Waals surface area contributed by atoms with E-state index in [0.29, 0.717) is 23.8 Å². The zero-order chi connectivity index (χ0) is 30.6. The molecule has 0 bridgehead atoms. The van der Waals surface area contributed by atoms with E-state index in [1.54, 1.807) is 39.0 Å². The summed E-state index contributed by atoms with van der Waals surface area (Å²) in [5.74, 6) is -2.27. The van der Waals surface area contributed by atoms with Gasteiger partial charge in [-0.25, -0.2) is 0 Å². The zero-order valence-electron chi connectivity index (χ0n) is 24.1. The van der Waals surface area contributed by atoms with Crippen LogP contribution in [0.3, 0.4) is 0 Å². The number of benzene rings is 3. The van der Waals surface area contributed by atoms with Crippen LogP contribution in [0.5, 0.6) is 0 Å². The lowest BCUT2D eigenvalue weighted by Gasteiger charge is -2.40. The molecule has 3 aromatic rings. The third-order valence-corrected chi connectivity index (χ3v) is 11.4. The summed E-state index contributed by atoms with van der Waals surface area (Å²) in [6, 6.07) is 24.1. The summed E-state index contributed by atoms with van der Waals surface area (Å²) in [6.45, 7) is 2.32. The smallest absolute Gasteiger partial charge is 0.251 e. The van der Waals surface area contributed by atoms with Crippen molar-refractivity contribution >= 4 is 52.5 Å². The van der Waals surface area contributed by atoms with Crippen molar-refractivity contribution < 1.29 is 19.5 Å². The Bertz CT molecular complexity index is 1670. The predicted octanol–water partition coefficient (Wildman–Crippen LogP) is 5.27. The number of aliphatic hydroxyl groups is 1. The van der Waals surface area contributed by atoms with Crippen LogP contribution in [0.1, 0.15) is 18.5 Å². The SMILES string of the molecule is C[C@]12C=CCN(c3ccccc3)C(=O)[C@H]1[C@H]1C(=O)N([C@H](CO)c3ccccc3)C3C(=O)N(c4ccc(Cl)cc4)CC=C[C@@]31S2. The fourth-order valence-corrected chi connectivity index (χ4v) is 9.79. The number of para-hydroxylation sites is 1. The van der Waals surface area contributed by atoms with Gasteiger partial charge in [0, 0.05) is 34.2 Å². The molecule has 0 saturated carbocycles. The number of aliphatic hydroxyl groups excluding tert-OH is 1. The molecule has 2 saturated heterocycles. The molecule has 1 spiro atoms. The van der Waals surface area contributed by atoms with Crippen molar-refractivity contribution in [2.75, 3.05) is 29.5 Å². The van der Waals surface area contributed by atoms with Gasteiger partial charge < -0.3 is 19.8 Å². The molecule has 0 radical (unpaired) electrons. The number of carbonyl (C=O) groups is 3. The normalized spacial score (nSPS) is 30.1. The molecule has 4 heterocycles. The predicted molar refractivity (Wildman–Crippen MR) is 173 cm³/mol. The third-order valence-electron chi connectivity index (χ3n) is 9.39. The van der Waals surface area contributed by atoms with Gasteiger partial charge in [-0.1, -0.05) is 84.4 Å². The minimum absolute atomic E-state index is 0.146. The lowest BCUT2D eigenvalue weighted by atomic mass is 9.74. The van der Waals surface area contributed by atoms with Crippen LogP contribution in [0.25, 0.3) is 0 Å². The van der Waals surface area contributed by atoms with E-state index in [1.807, 2.05) is 91.9 Å². The highest BCUT2D eigenvalue weighted by molar-refractivity contribution is 8.02. The van der Waals surface area contributed by atoms with Crippen molar-refractivity contribution in [1.82, 2.24) is 4.90 Å². The minimum atomic E-state index is -1.04. The number of halogens is 1. The Morgan fingerprint density at radius 2 is 1.39 bits per heavy atom. The Morgan fingerprint density at radius 3 is 2.05 bits per heavy atom. The topological polar surface area (TPSA) is 81.2 Å². The number of anilines is 2. The highest BCUT2D eigenvalue weighted by atomic mass is 35.5. The highest BCUT2D eigenvalue weighted by Crippen LogP contribution is 2.66. The summed E-state index contributed by atoms with van der Waals surface area (Å²) < 4.78 is -1.79. The number of carbonyl (C=O) groups excluding carboxylic acids is 3. The molecule has 224 valence electrons. The standard InChI is InChI=1S/C35H32ClN3O4S/c1-34-18-8-20-37(25-12-6-3-7-13-25)31(41)28(34)29-32(42)39(27(22-40)23-10-4-2-5-11-23)30-33(43)38(21-9-19-35(29,30)44-34)26-16-14-24(36)15-17-26/h2-19,27-30,40H,20-22H2,1H3/t27-,28-,29+,30?,34+,35+/m1/s1. The summed E-state index contributed by atoms with van der Waals surface area (Å²) in [5, 5.41) is 11.4. The molecule has 3 aromatic carbocycles. The van der Waals surface area contributed by atoms with Crippen LogP contribution in [0.2, 0.25) is 5.02 Å². The van der Waals surface area contributed by atoms with Crippen molar-refractivity contribution in [1.29, 1.82) is 0 Å². The Balaban J connectivity index is 1.40. The largest absolute Gasteiger partial charge is 0.394 e. The van der Waals surface area contributed by atoms with Gasteiger partial charge in [0.05, 0.1) is 29.2 Å². The first kappa shape index (κ1) is 28.9. The first-order valence-corrected chi connectivity index (χ1v) is 16.0. The molecule has 7 nitrogen and oxygen atoms in total. The number of fused-ring (bicyclic) bond motifs is 2. The monoisotopic (exact) mass is 625 g/mol. The lowest BCUT2D eigenvalue weighted by molar-refractivity contribution is -0.142. The molecule has 7 rings (SSSR count). The average Bonchev–Trinajstić information content (AvgIpc) is 3.30. The van der Waals surface area contributed by atoms with E-state index < -0.39 is 33.4 Å². The number of nitrogens with zero attached hydrogens (tertiary/aromatic N) is 3. The Labute approximate surface area is 265 Å². The van der Waals surface area contributed by atoms with E-state index >= 15 is 0 Å². The Morgan fingerprint density at radius 1 is 0.795 bits per heavy atom. The second-order valence-electron chi connectivity index (χ2n) is 11.9. The van der Waals surface area contributed by atoms with Gasteiger partial charge >= 0.3 is 0 Å². The van der Waals surface area contributed by atoms with Gasteiger partial charge in [0.15, 0.2) is 0 Å². The second-order valence-corrected chi connectivity index (χ2v) is 14.1. The van der Waals surface area contributed by atoms with E-state index in [0.717, 1.165) is 11.3 Å². The third kappa shape index (κ3) is 4.34. The fourth-order valence-electron chi connectivity index (χ4n) is 7.52. The van der Waals surface area contributed by atoms with Crippen molar-refractivity contribution in [2.45, 2.75) is 28.5 Å². The quantitative estimate of drug-likeness (QED) is 0.391. The molecule has 4 aliphatic heterocycles. The van der Waals surface area contributed by atoms with E-state index in [2.05, 4.69) is 0 Å². The van der Waals surface area contributed by atoms with E-state index in [1.165, 1.54) is 11.8 Å². The van der Waals surface area contributed by atoms with Crippen LogP contribution < -0.4 is 9.80 Å². The fraction of sp³-hybridized carbons (Fsp3) is 0.286. The molecule has 0 aliphatic carbocycles. The molecular formula is C35H32ClN3O4S. The number of hydrogen-bond acceptors (Lipinski definition) is 5.